The van der Waals surface area contributed by atoms with E-state index in [1.807, 2.05) is 6.92 Å². The Hall–Kier alpha value is -2.79. The summed E-state index contributed by atoms with van der Waals surface area (Å²) in [6.45, 7) is 2.40. The van der Waals surface area contributed by atoms with Crippen LogP contribution in [0.1, 0.15) is 22.2 Å². The first-order chi connectivity index (χ1) is 13.7. The zero-order valence-electron chi connectivity index (χ0n) is 16.3. The van der Waals surface area contributed by atoms with Crippen LogP contribution in [0.5, 0.6) is 5.75 Å². The van der Waals surface area contributed by atoms with Gasteiger partial charge in [0.1, 0.15) is 17.2 Å². The van der Waals surface area contributed by atoms with Gasteiger partial charge in [-0.1, -0.05) is 6.92 Å². The molecule has 0 aliphatic carbocycles. The van der Waals surface area contributed by atoms with Crippen LogP contribution in [0, 0.1) is 0 Å². The molecule has 9 nitrogen and oxygen atoms in total. The number of nitrogens with one attached hydrogen (secondary N) is 3. The average molecular weight is 442 g/mol. The molecule has 0 atom stereocenters. The first-order valence-electron chi connectivity index (χ1n) is 8.68. The van der Waals surface area contributed by atoms with Crippen LogP contribution in [0.3, 0.4) is 0 Å². The van der Waals surface area contributed by atoms with Crippen LogP contribution in [0.15, 0.2) is 30.3 Å². The fourth-order valence-electron chi connectivity index (χ4n) is 2.34. The van der Waals surface area contributed by atoms with E-state index in [1.165, 1.54) is 7.11 Å². The van der Waals surface area contributed by atoms with E-state index < -0.39 is 22.0 Å². The third kappa shape index (κ3) is 7.27. The van der Waals surface area contributed by atoms with Crippen molar-refractivity contribution in [2.24, 2.45) is 0 Å². The second-order valence-corrected chi connectivity index (χ2v) is 8.74. The summed E-state index contributed by atoms with van der Waals surface area (Å²) in [6, 6.07) is 7.75. The number of carbonyl (C=O) groups is 2. The van der Waals surface area contributed by atoms with Gasteiger partial charge in [0.25, 0.3) is 0 Å². The molecule has 0 unspecified atom stereocenters. The lowest BCUT2D eigenvalue weighted by molar-refractivity contribution is 0.0605. The van der Waals surface area contributed by atoms with E-state index in [0.29, 0.717) is 27.7 Å². The summed E-state index contributed by atoms with van der Waals surface area (Å²) >= 11 is 1.16. The minimum absolute atomic E-state index is 0.227. The number of benzene rings is 1. The van der Waals surface area contributed by atoms with Gasteiger partial charge in [-0.15, -0.1) is 11.3 Å². The summed E-state index contributed by atoms with van der Waals surface area (Å²) in [5.74, 6) is 0.117. The molecule has 1 heterocycles. The van der Waals surface area contributed by atoms with Crippen molar-refractivity contribution < 1.29 is 27.5 Å². The van der Waals surface area contributed by atoms with Gasteiger partial charge in [-0.25, -0.2) is 18.0 Å². The molecule has 2 rings (SSSR count). The molecule has 3 N–H and O–H groups in total. The van der Waals surface area contributed by atoms with Gasteiger partial charge in [0.2, 0.25) is 10.0 Å². The highest BCUT2D eigenvalue weighted by Gasteiger charge is 2.16. The van der Waals surface area contributed by atoms with Crippen LogP contribution in [-0.4, -0.2) is 46.9 Å². The van der Waals surface area contributed by atoms with E-state index >= 15 is 0 Å². The van der Waals surface area contributed by atoms with Crippen LogP contribution in [0.4, 0.5) is 15.5 Å². The first-order valence-corrected chi connectivity index (χ1v) is 11.4. The summed E-state index contributed by atoms with van der Waals surface area (Å²) in [5, 5.41) is 5.89. The largest absolute Gasteiger partial charge is 0.492 e. The number of aryl methyl sites for hydroxylation is 1. The number of rotatable bonds is 9. The smallest absolute Gasteiger partial charge is 0.348 e. The number of anilines is 2. The molecule has 0 aliphatic heterocycles. The Kier molecular flexibility index (Phi) is 7.85. The Labute approximate surface area is 173 Å². The molecular weight excluding hydrogens is 418 g/mol. The van der Waals surface area contributed by atoms with Crippen LogP contribution >= 0.6 is 11.3 Å². The highest BCUT2D eigenvalue weighted by Crippen LogP contribution is 2.28. The van der Waals surface area contributed by atoms with E-state index in [2.05, 4.69) is 15.4 Å². The summed E-state index contributed by atoms with van der Waals surface area (Å²) in [7, 11) is -2.01. The summed E-state index contributed by atoms with van der Waals surface area (Å²) in [4.78, 5) is 24.2. The number of carbonyl (C=O) groups excluding carboxylic acids is 2. The van der Waals surface area contributed by atoms with Crippen molar-refractivity contribution in [3.8, 4) is 5.75 Å². The van der Waals surface area contributed by atoms with Gasteiger partial charge in [-0.3, -0.25) is 10.0 Å². The molecule has 0 radical (unpaired) electrons. The second-order valence-electron chi connectivity index (χ2n) is 5.94. The molecular formula is C18H23N3O6S2. The lowest BCUT2D eigenvalue weighted by Gasteiger charge is -2.09. The lowest BCUT2D eigenvalue weighted by Crippen LogP contribution is -2.31. The van der Waals surface area contributed by atoms with E-state index in [4.69, 9.17) is 9.47 Å². The lowest BCUT2D eigenvalue weighted by atomic mass is 10.2. The highest BCUT2D eigenvalue weighted by atomic mass is 32.2. The number of hydrogen-bond donors (Lipinski definition) is 3. The van der Waals surface area contributed by atoms with Crippen molar-refractivity contribution in [3.05, 3.63) is 40.8 Å². The fraction of sp³-hybridized carbons (Fsp3) is 0.333. The van der Waals surface area contributed by atoms with Crippen molar-refractivity contribution in [2.75, 3.05) is 36.6 Å². The third-order valence-electron chi connectivity index (χ3n) is 3.61. The number of hydrogen-bond acceptors (Lipinski definition) is 7. The molecule has 2 aromatic rings. The van der Waals surface area contributed by atoms with E-state index in [9.17, 15) is 18.0 Å². The maximum atomic E-state index is 12.0. The average Bonchev–Trinajstić information content (AvgIpc) is 3.07. The van der Waals surface area contributed by atoms with E-state index in [-0.39, 0.29) is 13.2 Å². The van der Waals surface area contributed by atoms with Crippen LogP contribution in [-0.2, 0) is 21.2 Å². The van der Waals surface area contributed by atoms with Crippen molar-refractivity contribution in [3.63, 3.8) is 0 Å². The predicted octanol–water partition coefficient (Wildman–Crippen LogP) is 2.67. The summed E-state index contributed by atoms with van der Waals surface area (Å²) in [6.07, 6.45) is 1.72. The number of sulfonamides is 1. The monoisotopic (exact) mass is 441 g/mol. The van der Waals surface area contributed by atoms with Gasteiger partial charge in [0.05, 0.1) is 24.9 Å². The van der Waals surface area contributed by atoms with E-state index in [0.717, 1.165) is 23.2 Å². The maximum absolute atomic E-state index is 12.0. The number of amides is 2. The van der Waals surface area contributed by atoms with Crippen LogP contribution in [0.2, 0.25) is 0 Å². The van der Waals surface area contributed by atoms with Crippen molar-refractivity contribution in [1.29, 1.82) is 0 Å². The van der Waals surface area contributed by atoms with Crippen molar-refractivity contribution >= 4 is 44.0 Å². The molecule has 0 saturated heterocycles. The number of urea groups is 1. The van der Waals surface area contributed by atoms with Gasteiger partial charge in [0.15, 0.2) is 0 Å². The number of esters is 1. The summed E-state index contributed by atoms with van der Waals surface area (Å²) < 4.78 is 34.9. The highest BCUT2D eigenvalue weighted by molar-refractivity contribution is 7.92. The molecule has 0 aliphatic rings. The Morgan fingerprint density at radius 1 is 1.17 bits per heavy atom. The number of methoxy groups -OCH3 is 1. The van der Waals surface area contributed by atoms with Gasteiger partial charge < -0.3 is 14.8 Å². The Morgan fingerprint density at radius 3 is 2.45 bits per heavy atom. The molecule has 0 spiro atoms. The van der Waals surface area contributed by atoms with Crippen LogP contribution in [0.25, 0.3) is 0 Å². The molecule has 2 amide bonds. The number of ether oxygens (including phenoxy) is 2. The Bertz CT molecular complexity index is 954. The molecule has 158 valence electrons. The van der Waals surface area contributed by atoms with E-state index in [1.54, 1.807) is 30.3 Å². The summed E-state index contributed by atoms with van der Waals surface area (Å²) in [5.41, 5.74) is 1.25. The van der Waals surface area contributed by atoms with Crippen LogP contribution < -0.4 is 20.1 Å². The second kappa shape index (κ2) is 10.1. The molecule has 0 saturated carbocycles. The maximum Gasteiger partial charge on any atom is 0.348 e. The minimum atomic E-state index is -3.33. The fourth-order valence-corrected chi connectivity index (χ4v) is 3.97. The predicted molar refractivity (Wildman–Crippen MR) is 112 cm³/mol. The van der Waals surface area contributed by atoms with Gasteiger partial charge in [0, 0.05) is 5.69 Å². The standard InChI is InChI=1S/C18H23N3O6S2/c1-4-12-11-15(28-16(12)17(22)26-2)20-18(23)19-9-10-27-14-7-5-13(6-8-14)21-29(3,24)25/h5-8,11,21H,4,9-10H2,1-3H3,(H2,19,20,23). The molecule has 0 fully saturated rings. The zero-order chi connectivity index (χ0) is 21.4. The molecule has 1 aromatic carbocycles. The molecule has 0 bridgehead atoms. The van der Waals surface area contributed by atoms with Gasteiger partial charge in [-0.2, -0.15) is 0 Å². The zero-order valence-corrected chi connectivity index (χ0v) is 17.9. The molecule has 11 heteroatoms. The Balaban J connectivity index is 1.77. The Morgan fingerprint density at radius 2 is 1.86 bits per heavy atom. The minimum Gasteiger partial charge on any atom is -0.492 e. The van der Waals surface area contributed by atoms with Crippen molar-refractivity contribution in [1.82, 2.24) is 5.32 Å². The molecule has 1 aromatic heterocycles. The topological polar surface area (TPSA) is 123 Å². The SMILES string of the molecule is CCc1cc(NC(=O)NCCOc2ccc(NS(C)(=O)=O)cc2)sc1C(=O)OC. The number of thiophene rings is 1. The van der Waals surface area contributed by atoms with Crippen molar-refractivity contribution in [2.45, 2.75) is 13.3 Å². The van der Waals surface area contributed by atoms with Gasteiger partial charge >= 0.3 is 12.0 Å². The first kappa shape index (κ1) is 22.5. The normalized spacial score (nSPS) is 10.9. The quantitative estimate of drug-likeness (QED) is 0.406. The molecule has 29 heavy (non-hydrogen) atoms. The van der Waals surface area contributed by atoms with Gasteiger partial charge in [-0.05, 0) is 42.3 Å². The third-order valence-corrected chi connectivity index (χ3v) is 5.29.